The lowest BCUT2D eigenvalue weighted by atomic mass is 10.1. The van der Waals surface area contributed by atoms with Gasteiger partial charge < -0.3 is 10.1 Å². The van der Waals surface area contributed by atoms with E-state index in [2.05, 4.69) is 12.2 Å². The minimum Gasteiger partial charge on any atom is -0.456 e. The zero-order valence-corrected chi connectivity index (χ0v) is 13.2. The molecule has 0 heterocycles. The van der Waals surface area contributed by atoms with Gasteiger partial charge in [-0.1, -0.05) is 35.3 Å². The van der Waals surface area contributed by atoms with Gasteiger partial charge >= 0.3 is 0 Å². The predicted octanol–water partition coefficient (Wildman–Crippen LogP) is 5.37. The Morgan fingerprint density at radius 1 is 1.05 bits per heavy atom. The minimum absolute atomic E-state index is 0.194. The standard InChI is InChI=1S/C16H17Cl2NO/c1-10-4-7-14(17)16(8-10)20-12-5-6-13(11(2)19-3)15(18)9-12/h4-9,11,19H,1-3H3. The van der Waals surface area contributed by atoms with E-state index in [4.69, 9.17) is 27.9 Å². The molecule has 20 heavy (non-hydrogen) atoms. The summed E-state index contributed by atoms with van der Waals surface area (Å²) in [5, 5.41) is 4.42. The van der Waals surface area contributed by atoms with Crippen LogP contribution in [0.25, 0.3) is 0 Å². The van der Waals surface area contributed by atoms with Gasteiger partial charge in [0.2, 0.25) is 0 Å². The number of hydrogen-bond acceptors (Lipinski definition) is 2. The first-order valence-electron chi connectivity index (χ1n) is 6.42. The summed E-state index contributed by atoms with van der Waals surface area (Å²) >= 11 is 12.4. The van der Waals surface area contributed by atoms with Crippen LogP contribution in [0.1, 0.15) is 24.1 Å². The zero-order chi connectivity index (χ0) is 14.7. The summed E-state index contributed by atoms with van der Waals surface area (Å²) in [6, 6.07) is 11.5. The molecule has 0 amide bonds. The van der Waals surface area contributed by atoms with Crippen LogP contribution in [-0.2, 0) is 0 Å². The lowest BCUT2D eigenvalue weighted by Crippen LogP contribution is -2.12. The summed E-state index contributed by atoms with van der Waals surface area (Å²) < 4.78 is 5.80. The third-order valence-corrected chi connectivity index (χ3v) is 3.83. The zero-order valence-electron chi connectivity index (χ0n) is 11.7. The number of benzene rings is 2. The molecule has 1 atom stereocenters. The van der Waals surface area contributed by atoms with Gasteiger partial charge in [-0.05, 0) is 56.3 Å². The van der Waals surface area contributed by atoms with Crippen molar-refractivity contribution in [2.75, 3.05) is 7.05 Å². The largest absolute Gasteiger partial charge is 0.456 e. The Labute approximate surface area is 129 Å². The van der Waals surface area contributed by atoms with E-state index < -0.39 is 0 Å². The Balaban J connectivity index is 2.26. The van der Waals surface area contributed by atoms with Crippen molar-refractivity contribution in [3.63, 3.8) is 0 Å². The van der Waals surface area contributed by atoms with Crippen molar-refractivity contribution < 1.29 is 4.74 Å². The molecule has 4 heteroatoms. The second-order valence-electron chi connectivity index (χ2n) is 4.73. The van der Waals surface area contributed by atoms with E-state index in [0.29, 0.717) is 21.5 Å². The van der Waals surface area contributed by atoms with Gasteiger partial charge in [-0.2, -0.15) is 0 Å². The lowest BCUT2D eigenvalue weighted by Gasteiger charge is -2.14. The first-order chi connectivity index (χ1) is 9.51. The third kappa shape index (κ3) is 3.45. The maximum absolute atomic E-state index is 6.29. The Morgan fingerprint density at radius 3 is 2.45 bits per heavy atom. The molecule has 0 aromatic heterocycles. The maximum Gasteiger partial charge on any atom is 0.146 e. The molecule has 0 spiro atoms. The Bertz CT molecular complexity index is 613. The van der Waals surface area contributed by atoms with Crippen LogP contribution in [0.15, 0.2) is 36.4 Å². The molecule has 1 N–H and O–H groups in total. The van der Waals surface area contributed by atoms with Gasteiger partial charge in [-0.25, -0.2) is 0 Å². The van der Waals surface area contributed by atoms with Gasteiger partial charge in [0, 0.05) is 11.1 Å². The molecule has 0 saturated carbocycles. The van der Waals surface area contributed by atoms with Gasteiger partial charge in [0.1, 0.15) is 11.5 Å². The fourth-order valence-electron chi connectivity index (χ4n) is 1.89. The molecule has 2 aromatic carbocycles. The molecule has 1 unspecified atom stereocenters. The lowest BCUT2D eigenvalue weighted by molar-refractivity contribution is 0.482. The van der Waals surface area contributed by atoms with Gasteiger partial charge in [-0.3, -0.25) is 0 Å². The third-order valence-electron chi connectivity index (χ3n) is 3.19. The number of hydrogen-bond donors (Lipinski definition) is 1. The van der Waals surface area contributed by atoms with Crippen LogP contribution in [-0.4, -0.2) is 7.05 Å². The highest BCUT2D eigenvalue weighted by atomic mass is 35.5. The Hall–Kier alpha value is -1.22. The summed E-state index contributed by atoms with van der Waals surface area (Å²) in [6.45, 7) is 4.05. The van der Waals surface area contributed by atoms with Crippen molar-refractivity contribution in [2.24, 2.45) is 0 Å². The summed E-state index contributed by atoms with van der Waals surface area (Å²) in [4.78, 5) is 0. The van der Waals surface area contributed by atoms with Crippen LogP contribution in [0, 0.1) is 6.92 Å². The smallest absolute Gasteiger partial charge is 0.146 e. The van der Waals surface area contributed by atoms with Gasteiger partial charge in [0.15, 0.2) is 0 Å². The van der Waals surface area contributed by atoms with Crippen LogP contribution in [0.5, 0.6) is 11.5 Å². The van der Waals surface area contributed by atoms with Crippen LogP contribution in [0.4, 0.5) is 0 Å². The molecule has 0 bridgehead atoms. The maximum atomic E-state index is 6.29. The quantitative estimate of drug-likeness (QED) is 0.819. The van der Waals surface area contributed by atoms with Crippen molar-refractivity contribution >= 4 is 23.2 Å². The number of ether oxygens (including phenoxy) is 1. The normalized spacial score (nSPS) is 12.2. The minimum atomic E-state index is 0.194. The molecule has 2 nitrogen and oxygen atoms in total. The molecule has 0 aliphatic carbocycles. The van der Waals surface area contributed by atoms with Crippen LogP contribution >= 0.6 is 23.2 Å². The van der Waals surface area contributed by atoms with Crippen LogP contribution < -0.4 is 10.1 Å². The molecular formula is C16H17Cl2NO. The second-order valence-corrected chi connectivity index (χ2v) is 5.54. The van der Waals surface area contributed by atoms with Crippen LogP contribution in [0.3, 0.4) is 0 Å². The van der Waals surface area contributed by atoms with E-state index in [9.17, 15) is 0 Å². The van der Waals surface area contributed by atoms with Crippen molar-refractivity contribution in [3.8, 4) is 11.5 Å². The van der Waals surface area contributed by atoms with Gasteiger partial charge in [0.25, 0.3) is 0 Å². The SMILES string of the molecule is CNC(C)c1ccc(Oc2cc(C)ccc2Cl)cc1Cl. The molecule has 2 aromatic rings. The van der Waals surface area contributed by atoms with Crippen LogP contribution in [0.2, 0.25) is 10.0 Å². The highest BCUT2D eigenvalue weighted by Gasteiger charge is 2.10. The monoisotopic (exact) mass is 309 g/mol. The van der Waals surface area contributed by atoms with E-state index in [0.717, 1.165) is 11.1 Å². The fourth-order valence-corrected chi connectivity index (χ4v) is 2.38. The molecule has 2 rings (SSSR count). The van der Waals surface area contributed by atoms with Crippen molar-refractivity contribution in [1.82, 2.24) is 5.32 Å². The molecule has 0 saturated heterocycles. The number of nitrogens with one attached hydrogen (secondary N) is 1. The molecule has 0 radical (unpaired) electrons. The first kappa shape index (κ1) is 15.2. The molecule has 0 aliphatic heterocycles. The fraction of sp³-hybridized carbons (Fsp3) is 0.250. The highest BCUT2D eigenvalue weighted by Crippen LogP contribution is 2.33. The summed E-state index contributed by atoms with van der Waals surface area (Å²) in [7, 11) is 1.90. The number of rotatable bonds is 4. The van der Waals surface area contributed by atoms with Gasteiger partial charge in [0.05, 0.1) is 5.02 Å². The summed E-state index contributed by atoms with van der Waals surface area (Å²) in [5.74, 6) is 1.31. The Kier molecular flexibility index (Phi) is 4.92. The first-order valence-corrected chi connectivity index (χ1v) is 7.17. The van der Waals surface area contributed by atoms with E-state index in [1.54, 1.807) is 0 Å². The van der Waals surface area contributed by atoms with Crippen molar-refractivity contribution in [3.05, 3.63) is 57.6 Å². The summed E-state index contributed by atoms with van der Waals surface area (Å²) in [5.41, 5.74) is 2.13. The van der Waals surface area contributed by atoms with E-state index in [1.807, 2.05) is 50.4 Å². The molecule has 0 fully saturated rings. The van der Waals surface area contributed by atoms with E-state index >= 15 is 0 Å². The van der Waals surface area contributed by atoms with E-state index in [-0.39, 0.29) is 6.04 Å². The van der Waals surface area contributed by atoms with Crippen molar-refractivity contribution in [2.45, 2.75) is 19.9 Å². The average Bonchev–Trinajstić information content (AvgIpc) is 2.42. The molecule has 106 valence electrons. The van der Waals surface area contributed by atoms with Gasteiger partial charge in [-0.15, -0.1) is 0 Å². The predicted molar refractivity (Wildman–Crippen MR) is 85.2 cm³/mol. The average molecular weight is 310 g/mol. The van der Waals surface area contributed by atoms with E-state index in [1.165, 1.54) is 0 Å². The highest BCUT2D eigenvalue weighted by molar-refractivity contribution is 6.32. The Morgan fingerprint density at radius 2 is 1.80 bits per heavy atom. The summed E-state index contributed by atoms with van der Waals surface area (Å²) in [6.07, 6.45) is 0. The number of aryl methyl sites for hydroxylation is 1. The second kappa shape index (κ2) is 6.49. The number of halogens is 2. The molecular weight excluding hydrogens is 293 g/mol. The topological polar surface area (TPSA) is 21.3 Å². The van der Waals surface area contributed by atoms with Crippen molar-refractivity contribution in [1.29, 1.82) is 0 Å². The molecule has 0 aliphatic rings.